The molecule has 2 aromatic heterocycles. The zero-order chi connectivity index (χ0) is 14.5. The van der Waals surface area contributed by atoms with Crippen molar-refractivity contribution in [3.63, 3.8) is 0 Å². The fourth-order valence-electron chi connectivity index (χ4n) is 2.56. The first-order valence-corrected chi connectivity index (χ1v) is 7.17. The number of nitrogens with zero attached hydrogens (tertiary/aromatic N) is 4. The third-order valence-corrected chi connectivity index (χ3v) is 3.68. The quantitative estimate of drug-likeness (QED) is 0.647. The van der Waals surface area contributed by atoms with Crippen LogP contribution in [0.25, 0.3) is 11.2 Å². The van der Waals surface area contributed by atoms with Crippen molar-refractivity contribution < 1.29 is 0 Å². The lowest BCUT2D eigenvalue weighted by atomic mass is 10.0. The van der Waals surface area contributed by atoms with Crippen molar-refractivity contribution in [3.05, 3.63) is 67.4 Å². The van der Waals surface area contributed by atoms with E-state index in [0.717, 1.165) is 30.4 Å². The molecule has 3 aromatic rings. The highest BCUT2D eigenvalue weighted by Crippen LogP contribution is 2.21. The number of hydrogen-bond donors (Lipinski definition) is 0. The van der Waals surface area contributed by atoms with E-state index in [-0.39, 0.29) is 6.04 Å². The Labute approximate surface area is 124 Å². The van der Waals surface area contributed by atoms with Crippen LogP contribution in [0, 0.1) is 0 Å². The Morgan fingerprint density at radius 2 is 2.05 bits per heavy atom. The second-order valence-corrected chi connectivity index (χ2v) is 5.06. The summed E-state index contributed by atoms with van der Waals surface area (Å²) in [5.41, 5.74) is 3.07. The zero-order valence-corrected chi connectivity index (χ0v) is 11.9. The number of allylic oxidation sites excluding steroid dienone is 1. The molecule has 0 spiro atoms. The van der Waals surface area contributed by atoms with Gasteiger partial charge in [0, 0.05) is 0 Å². The maximum atomic E-state index is 4.34. The molecule has 0 aliphatic heterocycles. The van der Waals surface area contributed by atoms with Gasteiger partial charge in [-0.15, -0.1) is 6.58 Å². The lowest BCUT2D eigenvalue weighted by molar-refractivity contribution is 0.543. The van der Waals surface area contributed by atoms with Gasteiger partial charge in [0.25, 0.3) is 0 Å². The monoisotopic (exact) mass is 278 g/mol. The van der Waals surface area contributed by atoms with Crippen molar-refractivity contribution >= 4 is 11.2 Å². The Morgan fingerprint density at radius 3 is 2.86 bits per heavy atom. The summed E-state index contributed by atoms with van der Waals surface area (Å²) < 4.78 is 2.08. The summed E-state index contributed by atoms with van der Waals surface area (Å²) in [7, 11) is 0. The molecule has 0 aliphatic carbocycles. The molecule has 2 heterocycles. The van der Waals surface area contributed by atoms with E-state index in [4.69, 9.17) is 0 Å². The van der Waals surface area contributed by atoms with Gasteiger partial charge in [-0.3, -0.25) is 0 Å². The molecule has 0 radical (unpaired) electrons. The number of aromatic nitrogens is 4. The lowest BCUT2D eigenvalue weighted by Gasteiger charge is -2.14. The Morgan fingerprint density at radius 1 is 1.19 bits per heavy atom. The van der Waals surface area contributed by atoms with Gasteiger partial charge in [0.1, 0.15) is 11.8 Å². The molecule has 0 saturated heterocycles. The van der Waals surface area contributed by atoms with Crippen molar-refractivity contribution in [2.75, 3.05) is 0 Å². The summed E-state index contributed by atoms with van der Waals surface area (Å²) >= 11 is 0. The molecule has 0 saturated carbocycles. The van der Waals surface area contributed by atoms with Gasteiger partial charge >= 0.3 is 0 Å². The fraction of sp³-hybridized carbons (Fsp3) is 0.235. The van der Waals surface area contributed by atoms with Gasteiger partial charge in [0.2, 0.25) is 0 Å². The predicted octanol–water partition coefficient (Wildman–Crippen LogP) is 3.58. The molecule has 1 atom stereocenters. The molecule has 0 bridgehead atoms. The van der Waals surface area contributed by atoms with Gasteiger partial charge in [-0.2, -0.15) is 0 Å². The molecule has 3 rings (SSSR count). The minimum absolute atomic E-state index is 0.216. The van der Waals surface area contributed by atoms with Gasteiger partial charge in [-0.25, -0.2) is 15.0 Å². The van der Waals surface area contributed by atoms with Crippen LogP contribution in [-0.2, 0) is 6.42 Å². The van der Waals surface area contributed by atoms with Crippen LogP contribution in [0.2, 0.25) is 0 Å². The van der Waals surface area contributed by atoms with Gasteiger partial charge in [-0.1, -0.05) is 36.4 Å². The van der Waals surface area contributed by atoms with E-state index in [1.54, 1.807) is 12.5 Å². The fourth-order valence-corrected chi connectivity index (χ4v) is 2.56. The number of imidazole rings is 1. The molecule has 4 heteroatoms. The van der Waals surface area contributed by atoms with Gasteiger partial charge in [0.15, 0.2) is 5.65 Å². The molecular weight excluding hydrogens is 260 g/mol. The van der Waals surface area contributed by atoms with Crippen LogP contribution >= 0.6 is 0 Å². The highest BCUT2D eigenvalue weighted by atomic mass is 15.1. The first-order valence-electron chi connectivity index (χ1n) is 7.17. The van der Waals surface area contributed by atoms with Crippen LogP contribution in [0.4, 0.5) is 0 Å². The van der Waals surface area contributed by atoms with Crippen molar-refractivity contribution in [1.29, 1.82) is 0 Å². The highest BCUT2D eigenvalue weighted by molar-refractivity contribution is 5.69. The van der Waals surface area contributed by atoms with E-state index in [1.807, 2.05) is 18.5 Å². The van der Waals surface area contributed by atoms with Crippen LogP contribution in [0.3, 0.4) is 0 Å². The van der Waals surface area contributed by atoms with Crippen LogP contribution in [0.5, 0.6) is 0 Å². The van der Waals surface area contributed by atoms with E-state index < -0.39 is 0 Å². The summed E-state index contributed by atoms with van der Waals surface area (Å²) in [6.45, 7) is 3.96. The topological polar surface area (TPSA) is 43.6 Å². The Kier molecular flexibility index (Phi) is 4.05. The third kappa shape index (κ3) is 2.99. The minimum atomic E-state index is 0.216. The molecule has 0 unspecified atom stereocenters. The maximum Gasteiger partial charge on any atom is 0.163 e. The first kappa shape index (κ1) is 13.5. The van der Waals surface area contributed by atoms with Gasteiger partial charge in [0.05, 0.1) is 18.6 Å². The van der Waals surface area contributed by atoms with E-state index in [9.17, 15) is 0 Å². The average Bonchev–Trinajstić information content (AvgIpc) is 2.97. The summed E-state index contributed by atoms with van der Waals surface area (Å²) in [6, 6.07) is 10.8. The number of rotatable bonds is 6. The smallest absolute Gasteiger partial charge is 0.163 e. The molecule has 21 heavy (non-hydrogen) atoms. The Balaban J connectivity index is 1.69. The van der Waals surface area contributed by atoms with Crippen molar-refractivity contribution in [3.8, 4) is 0 Å². The summed E-state index contributed by atoms with van der Waals surface area (Å²) in [6.07, 6.45) is 10.3. The molecule has 0 amide bonds. The van der Waals surface area contributed by atoms with Crippen molar-refractivity contribution in [2.45, 2.75) is 25.3 Å². The third-order valence-electron chi connectivity index (χ3n) is 3.68. The largest absolute Gasteiger partial charge is 0.308 e. The van der Waals surface area contributed by atoms with Crippen LogP contribution in [-0.4, -0.2) is 19.5 Å². The number of fused-ring (bicyclic) bond motifs is 1. The minimum Gasteiger partial charge on any atom is -0.308 e. The standard InChI is InChI=1S/C17H18N4/c1-2-15(10-6-9-14-7-4-3-5-8-14)21-13-20-16-11-18-12-19-17(16)21/h2-5,7-8,11-13,15H,1,6,9-10H2/t15-/m1/s1. The molecule has 106 valence electrons. The summed E-state index contributed by atoms with van der Waals surface area (Å²) in [5, 5.41) is 0. The van der Waals surface area contributed by atoms with E-state index in [0.29, 0.717) is 0 Å². The van der Waals surface area contributed by atoms with Crippen LogP contribution in [0.15, 0.2) is 61.8 Å². The molecule has 4 nitrogen and oxygen atoms in total. The Hall–Kier alpha value is -2.49. The van der Waals surface area contributed by atoms with Crippen molar-refractivity contribution in [1.82, 2.24) is 19.5 Å². The second kappa shape index (κ2) is 6.31. The average molecular weight is 278 g/mol. The van der Waals surface area contributed by atoms with E-state index >= 15 is 0 Å². The van der Waals surface area contributed by atoms with Gasteiger partial charge in [-0.05, 0) is 24.8 Å². The first-order chi connectivity index (χ1) is 10.4. The lowest BCUT2D eigenvalue weighted by Crippen LogP contribution is -2.06. The van der Waals surface area contributed by atoms with Gasteiger partial charge < -0.3 is 4.57 Å². The normalized spacial score (nSPS) is 12.4. The highest BCUT2D eigenvalue weighted by Gasteiger charge is 2.11. The number of hydrogen-bond acceptors (Lipinski definition) is 3. The molecular formula is C17H18N4. The second-order valence-electron chi connectivity index (χ2n) is 5.06. The number of benzene rings is 1. The maximum absolute atomic E-state index is 4.34. The SMILES string of the molecule is C=C[C@H](CCCc1ccccc1)n1cnc2cncnc21. The molecule has 1 aromatic carbocycles. The summed E-state index contributed by atoms with van der Waals surface area (Å²) in [5.74, 6) is 0. The molecule has 0 N–H and O–H groups in total. The van der Waals surface area contributed by atoms with E-state index in [2.05, 4.69) is 50.4 Å². The number of aryl methyl sites for hydroxylation is 1. The Bertz CT molecular complexity index is 718. The van der Waals surface area contributed by atoms with Crippen LogP contribution in [0.1, 0.15) is 24.4 Å². The zero-order valence-electron chi connectivity index (χ0n) is 11.9. The molecule has 0 fully saturated rings. The molecule has 0 aliphatic rings. The van der Waals surface area contributed by atoms with E-state index in [1.165, 1.54) is 5.56 Å². The predicted molar refractivity (Wildman–Crippen MR) is 83.9 cm³/mol. The summed E-state index contributed by atoms with van der Waals surface area (Å²) in [4.78, 5) is 12.7. The van der Waals surface area contributed by atoms with Crippen molar-refractivity contribution in [2.24, 2.45) is 0 Å². The van der Waals surface area contributed by atoms with Crippen LogP contribution < -0.4 is 0 Å².